The number of ether oxygens (including phenoxy) is 2. The van der Waals surface area contributed by atoms with Crippen molar-refractivity contribution >= 4 is 44.9 Å². The molecule has 0 bridgehead atoms. The molecule has 3 aromatic carbocycles. The van der Waals surface area contributed by atoms with Gasteiger partial charge in [0, 0.05) is 4.47 Å². The van der Waals surface area contributed by atoms with E-state index >= 15 is 0 Å². The lowest BCUT2D eigenvalue weighted by Gasteiger charge is -2.12. The second kappa shape index (κ2) is 10.2. The molecular formula is C25H19BrFNO4S. The lowest BCUT2D eigenvalue weighted by atomic mass is 10.1. The molecular weight excluding hydrogens is 509 g/mol. The fourth-order valence-electron chi connectivity index (χ4n) is 3.24. The summed E-state index contributed by atoms with van der Waals surface area (Å²) in [6.45, 7) is 0.397. The molecule has 2 amide bonds. The van der Waals surface area contributed by atoms with Gasteiger partial charge in [0.2, 0.25) is 0 Å². The summed E-state index contributed by atoms with van der Waals surface area (Å²) in [5, 5.41) is -0.309. The molecule has 0 unspecified atom stereocenters. The number of benzene rings is 3. The highest BCUT2D eigenvalue weighted by atomic mass is 79.9. The van der Waals surface area contributed by atoms with Gasteiger partial charge in [-0.15, -0.1) is 0 Å². The van der Waals surface area contributed by atoms with E-state index in [1.807, 2.05) is 24.3 Å². The van der Waals surface area contributed by atoms with Crippen LogP contribution in [-0.4, -0.2) is 23.2 Å². The van der Waals surface area contributed by atoms with Gasteiger partial charge < -0.3 is 9.47 Å². The summed E-state index contributed by atoms with van der Waals surface area (Å²) in [5.74, 6) is 0.294. The lowest BCUT2D eigenvalue weighted by Crippen LogP contribution is -2.27. The molecule has 0 spiro atoms. The third-order valence-corrected chi connectivity index (χ3v) is 6.33. The Bertz CT molecular complexity index is 1230. The van der Waals surface area contributed by atoms with Crippen molar-refractivity contribution in [1.29, 1.82) is 0 Å². The van der Waals surface area contributed by atoms with Crippen LogP contribution >= 0.6 is 27.7 Å². The first-order chi connectivity index (χ1) is 15.9. The number of carbonyl (C=O) groups excluding carboxylic acids is 2. The normalized spacial score (nSPS) is 14.8. The molecule has 0 atom stereocenters. The van der Waals surface area contributed by atoms with E-state index in [0.29, 0.717) is 27.5 Å². The van der Waals surface area contributed by atoms with Crippen LogP contribution in [0.2, 0.25) is 0 Å². The van der Waals surface area contributed by atoms with Crippen LogP contribution in [0.25, 0.3) is 6.08 Å². The number of rotatable bonds is 7. The van der Waals surface area contributed by atoms with Gasteiger partial charge in [0.05, 0.1) is 18.6 Å². The highest BCUT2D eigenvalue weighted by molar-refractivity contribution is 9.10. The summed E-state index contributed by atoms with van der Waals surface area (Å²) >= 11 is 4.28. The molecule has 1 aliphatic heterocycles. The van der Waals surface area contributed by atoms with Crippen molar-refractivity contribution < 1.29 is 23.5 Å². The Hall–Kier alpha value is -3.10. The van der Waals surface area contributed by atoms with Crippen molar-refractivity contribution in [2.24, 2.45) is 0 Å². The van der Waals surface area contributed by atoms with E-state index in [9.17, 15) is 14.0 Å². The molecule has 168 valence electrons. The molecule has 33 heavy (non-hydrogen) atoms. The Balaban J connectivity index is 1.48. The number of hydrogen-bond acceptors (Lipinski definition) is 5. The number of amides is 2. The smallest absolute Gasteiger partial charge is 0.293 e. The van der Waals surface area contributed by atoms with Gasteiger partial charge in [-0.3, -0.25) is 14.5 Å². The quantitative estimate of drug-likeness (QED) is 0.332. The standard InChI is InChI=1S/C25H19BrFNO4S/c1-31-22-12-17(7-10-21(22)32-15-18-3-2-4-20(27)11-18)13-23-24(29)28(25(30)33-23)14-16-5-8-19(26)9-6-16/h2-13H,14-15H2,1H3/b23-13-. The van der Waals surface area contributed by atoms with E-state index in [2.05, 4.69) is 15.9 Å². The maximum Gasteiger partial charge on any atom is 0.293 e. The Morgan fingerprint density at radius 3 is 2.52 bits per heavy atom. The van der Waals surface area contributed by atoms with Crippen molar-refractivity contribution in [2.45, 2.75) is 13.2 Å². The van der Waals surface area contributed by atoms with Crippen LogP contribution in [0.1, 0.15) is 16.7 Å². The molecule has 0 N–H and O–H groups in total. The summed E-state index contributed by atoms with van der Waals surface area (Å²) in [7, 11) is 1.51. The molecule has 1 fully saturated rings. The predicted molar refractivity (Wildman–Crippen MR) is 129 cm³/mol. The van der Waals surface area contributed by atoms with Crippen LogP contribution in [0.5, 0.6) is 11.5 Å². The van der Waals surface area contributed by atoms with Crippen LogP contribution in [0.15, 0.2) is 76.1 Å². The summed E-state index contributed by atoms with van der Waals surface area (Å²) in [6, 6.07) is 18.9. The highest BCUT2D eigenvalue weighted by Crippen LogP contribution is 2.35. The van der Waals surface area contributed by atoms with E-state index in [1.165, 1.54) is 24.1 Å². The van der Waals surface area contributed by atoms with Crippen LogP contribution in [0.4, 0.5) is 9.18 Å². The minimum Gasteiger partial charge on any atom is -0.493 e. The zero-order chi connectivity index (χ0) is 23.4. The third-order valence-electron chi connectivity index (χ3n) is 4.90. The largest absolute Gasteiger partial charge is 0.493 e. The molecule has 0 saturated carbocycles. The van der Waals surface area contributed by atoms with Crippen molar-refractivity contribution in [3.63, 3.8) is 0 Å². The van der Waals surface area contributed by atoms with Gasteiger partial charge in [0.1, 0.15) is 12.4 Å². The van der Waals surface area contributed by atoms with E-state index in [1.54, 1.807) is 36.4 Å². The topological polar surface area (TPSA) is 55.8 Å². The molecule has 3 aromatic rings. The number of methoxy groups -OCH3 is 1. The van der Waals surface area contributed by atoms with E-state index in [-0.39, 0.29) is 30.1 Å². The van der Waals surface area contributed by atoms with Crippen molar-refractivity contribution in [3.8, 4) is 11.5 Å². The zero-order valence-electron chi connectivity index (χ0n) is 17.6. The number of halogens is 2. The molecule has 1 heterocycles. The Kier molecular flexibility index (Phi) is 7.15. The van der Waals surface area contributed by atoms with Crippen molar-refractivity contribution in [3.05, 3.63) is 98.6 Å². The molecule has 0 aromatic heterocycles. The summed E-state index contributed by atoms with van der Waals surface area (Å²) in [5.41, 5.74) is 2.25. The molecule has 1 aliphatic rings. The average Bonchev–Trinajstić information content (AvgIpc) is 3.06. The number of imide groups is 1. The van der Waals surface area contributed by atoms with Gasteiger partial charge in [-0.2, -0.15) is 0 Å². The number of carbonyl (C=O) groups is 2. The SMILES string of the molecule is COc1cc(/C=C2\SC(=O)N(Cc3ccc(Br)cc3)C2=O)ccc1OCc1cccc(F)c1. The highest BCUT2D eigenvalue weighted by Gasteiger charge is 2.35. The van der Waals surface area contributed by atoms with E-state index < -0.39 is 0 Å². The summed E-state index contributed by atoms with van der Waals surface area (Å²) in [6.07, 6.45) is 1.66. The first-order valence-electron chi connectivity index (χ1n) is 9.98. The fraction of sp³-hybridized carbons (Fsp3) is 0.120. The maximum atomic E-state index is 13.4. The van der Waals surface area contributed by atoms with Gasteiger partial charge in [-0.25, -0.2) is 4.39 Å². The van der Waals surface area contributed by atoms with Crippen molar-refractivity contribution in [2.75, 3.05) is 7.11 Å². The van der Waals surface area contributed by atoms with Gasteiger partial charge in [0.15, 0.2) is 11.5 Å². The monoisotopic (exact) mass is 527 g/mol. The zero-order valence-corrected chi connectivity index (χ0v) is 20.0. The van der Waals surface area contributed by atoms with Crippen LogP contribution < -0.4 is 9.47 Å². The predicted octanol–water partition coefficient (Wildman–Crippen LogP) is 6.41. The number of thioether (sulfide) groups is 1. The summed E-state index contributed by atoms with van der Waals surface area (Å²) in [4.78, 5) is 26.8. The van der Waals surface area contributed by atoms with Gasteiger partial charge in [-0.1, -0.05) is 46.3 Å². The minimum absolute atomic E-state index is 0.183. The average molecular weight is 528 g/mol. The first kappa shape index (κ1) is 23.1. The van der Waals surface area contributed by atoms with Crippen molar-refractivity contribution in [1.82, 2.24) is 4.90 Å². The second-order valence-corrected chi connectivity index (χ2v) is 9.13. The molecule has 8 heteroatoms. The fourth-order valence-corrected chi connectivity index (χ4v) is 4.34. The molecule has 0 aliphatic carbocycles. The lowest BCUT2D eigenvalue weighted by molar-refractivity contribution is -0.123. The van der Waals surface area contributed by atoms with Gasteiger partial charge in [0.25, 0.3) is 11.1 Å². The van der Waals surface area contributed by atoms with Crippen LogP contribution in [0, 0.1) is 5.82 Å². The van der Waals surface area contributed by atoms with Crippen LogP contribution in [0.3, 0.4) is 0 Å². The first-order valence-corrected chi connectivity index (χ1v) is 11.6. The molecule has 1 saturated heterocycles. The minimum atomic E-state index is -0.335. The molecule has 5 nitrogen and oxygen atoms in total. The number of nitrogens with zero attached hydrogens (tertiary/aromatic N) is 1. The van der Waals surface area contributed by atoms with Gasteiger partial charge in [-0.05, 0) is 70.9 Å². The summed E-state index contributed by atoms with van der Waals surface area (Å²) < 4.78 is 25.5. The Morgan fingerprint density at radius 1 is 1.00 bits per heavy atom. The Labute approximate surface area is 203 Å². The number of hydrogen-bond donors (Lipinski definition) is 0. The van der Waals surface area contributed by atoms with E-state index in [4.69, 9.17) is 9.47 Å². The Morgan fingerprint density at radius 2 is 1.79 bits per heavy atom. The second-order valence-electron chi connectivity index (χ2n) is 7.22. The molecule has 0 radical (unpaired) electrons. The van der Waals surface area contributed by atoms with E-state index in [0.717, 1.165) is 21.8 Å². The maximum absolute atomic E-state index is 13.4. The van der Waals surface area contributed by atoms with Crippen LogP contribution in [-0.2, 0) is 17.9 Å². The third kappa shape index (κ3) is 5.64. The molecule has 4 rings (SSSR count). The van der Waals surface area contributed by atoms with Gasteiger partial charge >= 0.3 is 0 Å².